The highest BCUT2D eigenvalue weighted by molar-refractivity contribution is 7.92. The largest absolute Gasteiger partial charge is 0.373 e. The van der Waals surface area contributed by atoms with Gasteiger partial charge in [-0.2, -0.15) is 5.26 Å². The van der Waals surface area contributed by atoms with E-state index in [0.717, 1.165) is 6.26 Å². The summed E-state index contributed by atoms with van der Waals surface area (Å²) >= 11 is 0. The molecule has 0 saturated carbocycles. The van der Waals surface area contributed by atoms with E-state index in [2.05, 4.69) is 0 Å². The van der Waals surface area contributed by atoms with Gasteiger partial charge in [0.15, 0.2) is 9.84 Å². The van der Waals surface area contributed by atoms with Crippen LogP contribution < -0.4 is 4.90 Å². The molecule has 1 rings (SSSR count). The Morgan fingerprint density at radius 1 is 1.43 bits per heavy atom. The van der Waals surface area contributed by atoms with Gasteiger partial charge in [0.1, 0.15) is 11.6 Å². The molecule has 0 atom stereocenters. The van der Waals surface area contributed by atoms with Crippen molar-refractivity contribution < 1.29 is 13.3 Å². The van der Waals surface area contributed by atoms with Crippen molar-refractivity contribution in [2.24, 2.45) is 0 Å². The molecule has 7 nitrogen and oxygen atoms in total. The normalized spacial score (nSPS) is 11.8. The molecule has 0 radical (unpaired) electrons. The molecule has 0 aliphatic carbocycles. The molecule has 0 spiro atoms. The van der Waals surface area contributed by atoms with Crippen LogP contribution in [0, 0.1) is 21.4 Å². The predicted molar refractivity (Wildman–Crippen MR) is 80.0 cm³/mol. The van der Waals surface area contributed by atoms with Crippen molar-refractivity contribution in [3.63, 3.8) is 0 Å². The van der Waals surface area contributed by atoms with E-state index in [0.29, 0.717) is 5.69 Å². The second-order valence-electron chi connectivity index (χ2n) is 5.46. The molecule has 0 aromatic heterocycles. The van der Waals surface area contributed by atoms with Crippen LogP contribution in [0.25, 0.3) is 0 Å². The second kappa shape index (κ2) is 5.69. The molecular weight excluding hydrogens is 294 g/mol. The van der Waals surface area contributed by atoms with Gasteiger partial charge in [0, 0.05) is 31.6 Å². The van der Waals surface area contributed by atoms with Crippen LogP contribution in [0.4, 0.5) is 11.4 Å². The molecule has 0 unspecified atom stereocenters. The first-order chi connectivity index (χ1) is 9.49. The first-order valence-electron chi connectivity index (χ1n) is 6.09. The van der Waals surface area contributed by atoms with Crippen LogP contribution in [0.2, 0.25) is 0 Å². The van der Waals surface area contributed by atoms with Crippen molar-refractivity contribution in [3.05, 3.63) is 33.9 Å². The quantitative estimate of drug-likeness (QED) is 0.605. The minimum absolute atomic E-state index is 0.0542. The number of nitro benzene ring substituents is 1. The average Bonchev–Trinajstić information content (AvgIpc) is 2.35. The first kappa shape index (κ1) is 16.9. The Bertz CT molecular complexity index is 705. The summed E-state index contributed by atoms with van der Waals surface area (Å²) in [6.07, 6.45) is 1.16. The molecule has 0 aliphatic heterocycles. The summed E-state index contributed by atoms with van der Waals surface area (Å²) in [5, 5.41) is 19.8. The fourth-order valence-corrected chi connectivity index (χ4v) is 2.22. The lowest BCUT2D eigenvalue weighted by molar-refractivity contribution is -0.385. The summed E-state index contributed by atoms with van der Waals surface area (Å²) in [4.78, 5) is 11.8. The van der Waals surface area contributed by atoms with Crippen LogP contribution in [0.5, 0.6) is 0 Å². The Balaban J connectivity index is 3.13. The van der Waals surface area contributed by atoms with Gasteiger partial charge in [-0.15, -0.1) is 0 Å². The minimum Gasteiger partial charge on any atom is -0.373 e. The Labute approximate surface area is 123 Å². The molecule has 0 amide bonds. The standard InChI is InChI=1S/C13H17N3O4S/c1-13(2,21(4,19)20)9-15(3)11-5-6-12(16(17)18)10(7-11)8-14/h5-7H,9H2,1-4H3. The van der Waals surface area contributed by atoms with Gasteiger partial charge in [0.05, 0.1) is 9.67 Å². The number of rotatable bonds is 5. The SMILES string of the molecule is CN(CC(C)(C)S(C)(=O)=O)c1ccc([N+](=O)[O-])c(C#N)c1. The van der Waals surface area contributed by atoms with E-state index in [1.54, 1.807) is 31.9 Å². The maximum Gasteiger partial charge on any atom is 0.287 e. The van der Waals surface area contributed by atoms with Gasteiger partial charge in [0.25, 0.3) is 5.69 Å². The van der Waals surface area contributed by atoms with Crippen molar-refractivity contribution in [1.29, 1.82) is 5.26 Å². The van der Waals surface area contributed by atoms with Crippen molar-refractivity contribution in [1.82, 2.24) is 0 Å². The first-order valence-corrected chi connectivity index (χ1v) is 7.98. The van der Waals surface area contributed by atoms with Crippen LogP contribution in [0.1, 0.15) is 19.4 Å². The second-order valence-corrected chi connectivity index (χ2v) is 8.11. The Hall–Kier alpha value is -2.14. The topological polar surface area (TPSA) is 104 Å². The maximum atomic E-state index is 11.7. The average molecular weight is 311 g/mol. The summed E-state index contributed by atoms with van der Waals surface area (Å²) in [7, 11) is -1.58. The molecule has 0 saturated heterocycles. The molecule has 0 bridgehead atoms. The molecule has 8 heteroatoms. The molecular formula is C13H17N3O4S. The fourth-order valence-electron chi connectivity index (χ4n) is 1.79. The van der Waals surface area contributed by atoms with Gasteiger partial charge >= 0.3 is 0 Å². The zero-order valence-corrected chi connectivity index (χ0v) is 13.1. The molecule has 0 aliphatic rings. The number of nitriles is 1. The van der Waals surface area contributed by atoms with Gasteiger partial charge < -0.3 is 4.90 Å². The molecule has 114 valence electrons. The highest BCUT2D eigenvalue weighted by Gasteiger charge is 2.31. The molecule has 1 aromatic rings. The zero-order chi connectivity index (χ0) is 16.4. The highest BCUT2D eigenvalue weighted by atomic mass is 32.2. The Morgan fingerprint density at radius 2 is 2.00 bits per heavy atom. The van der Waals surface area contributed by atoms with E-state index in [9.17, 15) is 18.5 Å². The summed E-state index contributed by atoms with van der Waals surface area (Å²) in [6.45, 7) is 3.42. The highest BCUT2D eigenvalue weighted by Crippen LogP contribution is 2.26. The van der Waals surface area contributed by atoms with E-state index in [-0.39, 0.29) is 17.8 Å². The number of hydrogen-bond acceptors (Lipinski definition) is 6. The number of benzene rings is 1. The van der Waals surface area contributed by atoms with Crippen LogP contribution >= 0.6 is 0 Å². The third kappa shape index (κ3) is 3.70. The predicted octanol–water partition coefficient (Wildman–Crippen LogP) is 1.73. The molecule has 0 N–H and O–H groups in total. The Morgan fingerprint density at radius 3 is 2.43 bits per heavy atom. The fraction of sp³-hybridized carbons (Fsp3) is 0.462. The van der Waals surface area contributed by atoms with E-state index in [1.165, 1.54) is 18.2 Å². The Kier molecular flexibility index (Phi) is 4.59. The zero-order valence-electron chi connectivity index (χ0n) is 12.3. The van der Waals surface area contributed by atoms with Gasteiger partial charge in [-0.1, -0.05) is 0 Å². The minimum atomic E-state index is -3.26. The maximum absolute atomic E-state index is 11.7. The summed E-state index contributed by atoms with van der Waals surface area (Å²) in [5.74, 6) is 0. The van der Waals surface area contributed by atoms with E-state index >= 15 is 0 Å². The van der Waals surface area contributed by atoms with E-state index in [4.69, 9.17) is 5.26 Å². The molecule has 0 heterocycles. The van der Waals surface area contributed by atoms with Crippen molar-refractivity contribution >= 4 is 21.2 Å². The van der Waals surface area contributed by atoms with Gasteiger partial charge in [0.2, 0.25) is 0 Å². The number of sulfone groups is 1. The van der Waals surface area contributed by atoms with Crippen LogP contribution in [-0.2, 0) is 9.84 Å². The summed E-state index contributed by atoms with van der Waals surface area (Å²) in [6, 6.07) is 5.91. The third-order valence-corrected chi connectivity index (χ3v) is 5.50. The monoisotopic (exact) mass is 311 g/mol. The van der Waals surface area contributed by atoms with Gasteiger partial charge in [-0.25, -0.2) is 8.42 Å². The van der Waals surface area contributed by atoms with Crippen LogP contribution in [0.15, 0.2) is 18.2 Å². The number of nitrogens with zero attached hydrogens (tertiary/aromatic N) is 3. The van der Waals surface area contributed by atoms with Crippen molar-refractivity contribution in [2.75, 3.05) is 24.7 Å². The van der Waals surface area contributed by atoms with E-state index < -0.39 is 19.5 Å². The summed E-state index contributed by atoms with van der Waals surface area (Å²) < 4.78 is 22.5. The number of nitro groups is 1. The number of anilines is 1. The van der Waals surface area contributed by atoms with Crippen LogP contribution in [0.3, 0.4) is 0 Å². The lowest BCUT2D eigenvalue weighted by Gasteiger charge is -2.30. The van der Waals surface area contributed by atoms with Crippen molar-refractivity contribution in [2.45, 2.75) is 18.6 Å². The number of hydrogen-bond donors (Lipinski definition) is 0. The van der Waals surface area contributed by atoms with Gasteiger partial charge in [-0.05, 0) is 26.0 Å². The molecule has 0 fully saturated rings. The summed E-state index contributed by atoms with van der Waals surface area (Å²) in [5.41, 5.74) is 0.229. The van der Waals surface area contributed by atoms with E-state index in [1.807, 2.05) is 0 Å². The lowest BCUT2D eigenvalue weighted by atomic mass is 10.1. The third-order valence-electron chi connectivity index (χ3n) is 3.36. The van der Waals surface area contributed by atoms with Crippen molar-refractivity contribution in [3.8, 4) is 6.07 Å². The van der Waals surface area contributed by atoms with Gasteiger partial charge in [-0.3, -0.25) is 10.1 Å². The van der Waals surface area contributed by atoms with Crippen LogP contribution in [-0.4, -0.2) is 37.9 Å². The molecule has 1 aromatic carbocycles. The smallest absolute Gasteiger partial charge is 0.287 e. The molecule has 21 heavy (non-hydrogen) atoms. The lowest BCUT2D eigenvalue weighted by Crippen LogP contribution is -2.42.